The van der Waals surface area contributed by atoms with Crippen LogP contribution in [0.1, 0.15) is 238 Å². The monoisotopic (exact) mass is 616 g/mol. The van der Waals surface area contributed by atoms with E-state index in [4.69, 9.17) is 0 Å². The SMILES string of the molecule is CCCCCCCCCCCCCCCn1cc[n+](CCCCCCCCCCCCCCC)c1CCCCCCCCC. The fourth-order valence-corrected chi connectivity index (χ4v) is 7.03. The number of rotatable bonds is 36. The first-order valence-electron chi connectivity index (χ1n) is 20.9. The molecule has 260 valence electrons. The van der Waals surface area contributed by atoms with Gasteiger partial charge in [-0.05, 0) is 32.1 Å². The zero-order valence-electron chi connectivity index (χ0n) is 31.0. The van der Waals surface area contributed by atoms with E-state index in [-0.39, 0.29) is 0 Å². The third-order valence-corrected chi connectivity index (χ3v) is 10.1. The van der Waals surface area contributed by atoms with E-state index < -0.39 is 0 Å². The first-order valence-corrected chi connectivity index (χ1v) is 20.9. The van der Waals surface area contributed by atoms with Crippen molar-refractivity contribution in [2.75, 3.05) is 0 Å². The second-order valence-corrected chi connectivity index (χ2v) is 14.5. The summed E-state index contributed by atoms with van der Waals surface area (Å²) < 4.78 is 5.27. The van der Waals surface area contributed by atoms with Crippen LogP contribution in [0.4, 0.5) is 0 Å². The van der Waals surface area contributed by atoms with Gasteiger partial charge in [0.05, 0.1) is 13.1 Å². The lowest BCUT2D eigenvalue weighted by molar-refractivity contribution is -0.704. The molecule has 2 heteroatoms. The topological polar surface area (TPSA) is 8.81 Å². The molecule has 0 fully saturated rings. The van der Waals surface area contributed by atoms with Gasteiger partial charge in [-0.3, -0.25) is 0 Å². The molecule has 0 amide bonds. The van der Waals surface area contributed by atoms with Gasteiger partial charge in [0, 0.05) is 6.42 Å². The highest BCUT2D eigenvalue weighted by atomic mass is 15.1. The molecule has 0 saturated heterocycles. The molecule has 0 radical (unpaired) electrons. The molecule has 0 unspecified atom stereocenters. The fraction of sp³-hybridized carbons (Fsp3) is 0.929. The van der Waals surface area contributed by atoms with Crippen LogP contribution in [0.3, 0.4) is 0 Å². The van der Waals surface area contributed by atoms with E-state index in [0.717, 1.165) is 0 Å². The van der Waals surface area contributed by atoms with Gasteiger partial charge in [0.15, 0.2) is 0 Å². The van der Waals surface area contributed by atoms with Crippen molar-refractivity contribution in [3.05, 3.63) is 18.2 Å². The molecular weight excluding hydrogens is 532 g/mol. The lowest BCUT2D eigenvalue weighted by Crippen LogP contribution is -2.37. The average Bonchev–Trinajstić information content (AvgIpc) is 3.42. The summed E-state index contributed by atoms with van der Waals surface area (Å²) in [6, 6.07) is 0. The summed E-state index contributed by atoms with van der Waals surface area (Å²) in [5.41, 5.74) is 0. The van der Waals surface area contributed by atoms with E-state index in [2.05, 4.69) is 42.3 Å². The summed E-state index contributed by atoms with van der Waals surface area (Å²) in [6.07, 6.45) is 53.4. The largest absolute Gasteiger partial charge is 0.256 e. The molecule has 0 aliphatic carbocycles. The molecule has 2 nitrogen and oxygen atoms in total. The Bertz CT molecular complexity index is 630. The summed E-state index contributed by atoms with van der Waals surface area (Å²) in [5.74, 6) is 1.62. The van der Waals surface area contributed by atoms with Gasteiger partial charge in [0.2, 0.25) is 0 Å². The van der Waals surface area contributed by atoms with Crippen molar-refractivity contribution >= 4 is 0 Å². The number of unbranched alkanes of at least 4 members (excludes halogenated alkanes) is 30. The van der Waals surface area contributed by atoms with Gasteiger partial charge in [0.25, 0.3) is 5.82 Å². The van der Waals surface area contributed by atoms with Crippen LogP contribution < -0.4 is 4.57 Å². The van der Waals surface area contributed by atoms with Gasteiger partial charge in [-0.15, -0.1) is 0 Å². The minimum absolute atomic E-state index is 1.23. The van der Waals surface area contributed by atoms with Crippen LogP contribution in [0.5, 0.6) is 0 Å². The molecule has 1 rings (SSSR count). The standard InChI is InChI=1S/C42H83N2/c1-4-7-10-13-16-18-20-22-24-26-29-32-35-38-43-40-41-44(42(43)37-34-31-28-15-12-9-6-3)39-36-33-30-27-25-23-21-19-17-14-11-8-5-2/h40-41H,4-39H2,1-3H3/q+1. The molecule has 0 spiro atoms. The van der Waals surface area contributed by atoms with Crippen LogP contribution in [-0.2, 0) is 19.5 Å². The van der Waals surface area contributed by atoms with E-state index in [1.54, 1.807) is 5.82 Å². The maximum absolute atomic E-state index is 2.64. The minimum atomic E-state index is 1.23. The Labute approximate surface area is 279 Å². The summed E-state index contributed by atoms with van der Waals surface area (Å²) >= 11 is 0. The van der Waals surface area contributed by atoms with Crippen molar-refractivity contribution in [2.24, 2.45) is 0 Å². The highest BCUT2D eigenvalue weighted by molar-refractivity contribution is 4.84. The fourth-order valence-electron chi connectivity index (χ4n) is 7.03. The van der Waals surface area contributed by atoms with E-state index in [0.29, 0.717) is 0 Å². The molecule has 0 N–H and O–H groups in total. The van der Waals surface area contributed by atoms with Crippen LogP contribution in [0, 0.1) is 0 Å². The van der Waals surface area contributed by atoms with Crippen molar-refractivity contribution in [3.8, 4) is 0 Å². The average molecular weight is 616 g/mol. The number of imidazole rings is 1. The highest BCUT2D eigenvalue weighted by Crippen LogP contribution is 2.15. The quantitative estimate of drug-likeness (QED) is 0.0524. The summed E-state index contributed by atoms with van der Waals surface area (Å²) in [6.45, 7) is 9.41. The maximum Gasteiger partial charge on any atom is 0.256 e. The Morgan fingerprint density at radius 3 is 1.09 bits per heavy atom. The van der Waals surface area contributed by atoms with Gasteiger partial charge < -0.3 is 0 Å². The van der Waals surface area contributed by atoms with Crippen LogP contribution in [0.2, 0.25) is 0 Å². The van der Waals surface area contributed by atoms with Crippen molar-refractivity contribution < 1.29 is 4.57 Å². The van der Waals surface area contributed by atoms with Crippen LogP contribution in [0.25, 0.3) is 0 Å². The molecule has 1 aromatic heterocycles. The maximum atomic E-state index is 2.64. The van der Waals surface area contributed by atoms with Crippen LogP contribution in [0.15, 0.2) is 12.4 Å². The highest BCUT2D eigenvalue weighted by Gasteiger charge is 2.16. The molecular formula is C42H83N2+. The van der Waals surface area contributed by atoms with Crippen molar-refractivity contribution in [1.82, 2.24) is 4.57 Å². The van der Waals surface area contributed by atoms with E-state index in [1.165, 1.54) is 231 Å². The van der Waals surface area contributed by atoms with E-state index >= 15 is 0 Å². The second kappa shape index (κ2) is 33.6. The Morgan fingerprint density at radius 1 is 0.386 bits per heavy atom. The predicted octanol–water partition coefficient (Wildman–Crippen LogP) is 14.3. The van der Waals surface area contributed by atoms with Gasteiger partial charge in [0.1, 0.15) is 12.4 Å². The number of aromatic nitrogens is 2. The summed E-state index contributed by atoms with van der Waals surface area (Å²) in [7, 11) is 0. The molecule has 0 saturated carbocycles. The smallest absolute Gasteiger partial charge is 0.234 e. The summed E-state index contributed by atoms with van der Waals surface area (Å²) in [5, 5.41) is 0. The van der Waals surface area contributed by atoms with Crippen molar-refractivity contribution in [1.29, 1.82) is 0 Å². The third-order valence-electron chi connectivity index (χ3n) is 10.1. The Morgan fingerprint density at radius 2 is 0.705 bits per heavy atom. The molecule has 0 aromatic carbocycles. The third kappa shape index (κ3) is 25.4. The van der Waals surface area contributed by atoms with Gasteiger partial charge in [-0.2, -0.15) is 0 Å². The molecule has 1 heterocycles. The Balaban J connectivity index is 2.24. The Hall–Kier alpha value is -0.790. The van der Waals surface area contributed by atoms with Gasteiger partial charge >= 0.3 is 0 Å². The van der Waals surface area contributed by atoms with Crippen LogP contribution >= 0.6 is 0 Å². The first-order chi connectivity index (χ1) is 21.8. The lowest BCUT2D eigenvalue weighted by Gasteiger charge is -2.07. The van der Waals surface area contributed by atoms with E-state index in [1.807, 2.05) is 0 Å². The van der Waals surface area contributed by atoms with Crippen molar-refractivity contribution in [3.63, 3.8) is 0 Å². The molecule has 44 heavy (non-hydrogen) atoms. The molecule has 0 bridgehead atoms. The second-order valence-electron chi connectivity index (χ2n) is 14.5. The zero-order valence-corrected chi connectivity index (χ0v) is 31.0. The number of aryl methyl sites for hydroxylation is 2. The van der Waals surface area contributed by atoms with E-state index in [9.17, 15) is 0 Å². The number of nitrogens with zero attached hydrogens (tertiary/aromatic N) is 2. The predicted molar refractivity (Wildman–Crippen MR) is 198 cm³/mol. The van der Waals surface area contributed by atoms with Crippen molar-refractivity contribution in [2.45, 2.75) is 252 Å². The van der Waals surface area contributed by atoms with Gasteiger partial charge in [-0.1, -0.05) is 201 Å². The minimum Gasteiger partial charge on any atom is -0.234 e. The number of hydrogen-bond donors (Lipinski definition) is 0. The lowest BCUT2D eigenvalue weighted by atomic mass is 10.0. The van der Waals surface area contributed by atoms with Gasteiger partial charge in [-0.25, -0.2) is 9.13 Å². The first kappa shape index (κ1) is 41.2. The number of hydrogen-bond acceptors (Lipinski definition) is 0. The molecule has 0 aliphatic heterocycles. The molecule has 1 aromatic rings. The Kier molecular flexibility index (Phi) is 31.5. The zero-order chi connectivity index (χ0) is 31.6. The summed E-state index contributed by atoms with van der Waals surface area (Å²) in [4.78, 5) is 0. The molecule has 0 aliphatic rings. The normalized spacial score (nSPS) is 11.6. The molecule has 0 atom stereocenters. The van der Waals surface area contributed by atoms with Crippen LogP contribution in [-0.4, -0.2) is 4.57 Å².